The van der Waals surface area contributed by atoms with Crippen LogP contribution in [0.5, 0.6) is 0 Å². The SMILES string of the molecule is CC(C)(C)OC(=O)N1CC(NCc2ccc(F)cc2Cl)C1. The number of likely N-dealkylation sites (tertiary alicyclic amines) is 1. The number of carbonyl (C=O) groups is 1. The Bertz CT molecular complexity index is 525. The van der Waals surface area contributed by atoms with Crippen LogP contribution in [-0.4, -0.2) is 35.7 Å². The summed E-state index contributed by atoms with van der Waals surface area (Å²) in [4.78, 5) is 13.4. The topological polar surface area (TPSA) is 41.6 Å². The van der Waals surface area contributed by atoms with Crippen molar-refractivity contribution in [2.75, 3.05) is 13.1 Å². The fourth-order valence-corrected chi connectivity index (χ4v) is 2.24. The Morgan fingerprint density at radius 3 is 2.71 bits per heavy atom. The molecular formula is C15H20ClFN2O2. The molecule has 0 aliphatic carbocycles. The number of rotatable bonds is 3. The average Bonchev–Trinajstić information content (AvgIpc) is 2.27. The van der Waals surface area contributed by atoms with Crippen molar-refractivity contribution in [2.24, 2.45) is 0 Å². The van der Waals surface area contributed by atoms with Gasteiger partial charge in [0, 0.05) is 30.7 Å². The number of ether oxygens (including phenoxy) is 1. The lowest BCUT2D eigenvalue weighted by atomic mass is 10.1. The zero-order valence-corrected chi connectivity index (χ0v) is 13.2. The van der Waals surface area contributed by atoms with E-state index in [0.717, 1.165) is 5.56 Å². The van der Waals surface area contributed by atoms with Gasteiger partial charge in [0.2, 0.25) is 0 Å². The molecule has 0 atom stereocenters. The molecule has 1 aliphatic rings. The maximum atomic E-state index is 12.9. The highest BCUT2D eigenvalue weighted by atomic mass is 35.5. The van der Waals surface area contributed by atoms with Gasteiger partial charge in [0.25, 0.3) is 0 Å². The number of nitrogens with zero attached hydrogens (tertiary/aromatic N) is 1. The molecule has 1 fully saturated rings. The molecular weight excluding hydrogens is 295 g/mol. The van der Waals surface area contributed by atoms with Crippen molar-refractivity contribution < 1.29 is 13.9 Å². The Morgan fingerprint density at radius 2 is 2.14 bits per heavy atom. The van der Waals surface area contributed by atoms with E-state index in [1.807, 2.05) is 20.8 Å². The molecule has 0 saturated carbocycles. The van der Waals surface area contributed by atoms with Gasteiger partial charge in [-0.1, -0.05) is 17.7 Å². The second-order valence-corrected chi connectivity index (χ2v) is 6.61. The summed E-state index contributed by atoms with van der Waals surface area (Å²) in [6, 6.07) is 4.55. The third-order valence-electron chi connectivity index (χ3n) is 3.13. The molecule has 0 spiro atoms. The lowest BCUT2D eigenvalue weighted by molar-refractivity contribution is 0.00518. The predicted molar refractivity (Wildman–Crippen MR) is 79.8 cm³/mol. The molecule has 0 aromatic heterocycles. The van der Waals surface area contributed by atoms with E-state index in [1.54, 1.807) is 11.0 Å². The van der Waals surface area contributed by atoms with E-state index in [-0.39, 0.29) is 18.0 Å². The van der Waals surface area contributed by atoms with Gasteiger partial charge in [-0.15, -0.1) is 0 Å². The standard InChI is InChI=1S/C15H20ClFN2O2/c1-15(2,3)21-14(20)19-8-12(9-19)18-7-10-4-5-11(17)6-13(10)16/h4-6,12,18H,7-9H2,1-3H3. The molecule has 1 aromatic carbocycles. The van der Waals surface area contributed by atoms with Crippen LogP contribution in [-0.2, 0) is 11.3 Å². The first-order valence-corrected chi connectivity index (χ1v) is 7.27. The number of benzene rings is 1. The molecule has 2 rings (SSSR count). The molecule has 1 saturated heterocycles. The minimum Gasteiger partial charge on any atom is -0.444 e. The van der Waals surface area contributed by atoms with E-state index in [2.05, 4.69) is 5.32 Å². The Morgan fingerprint density at radius 1 is 1.48 bits per heavy atom. The summed E-state index contributed by atoms with van der Waals surface area (Å²) in [6.45, 7) is 7.29. The molecule has 1 aliphatic heterocycles. The summed E-state index contributed by atoms with van der Waals surface area (Å²) < 4.78 is 18.2. The summed E-state index contributed by atoms with van der Waals surface area (Å²) in [7, 11) is 0. The summed E-state index contributed by atoms with van der Waals surface area (Å²) in [5, 5.41) is 3.70. The first kappa shape index (κ1) is 16.0. The Labute approximate surface area is 129 Å². The summed E-state index contributed by atoms with van der Waals surface area (Å²) in [5.74, 6) is -0.344. The van der Waals surface area contributed by atoms with Crippen molar-refractivity contribution in [1.82, 2.24) is 10.2 Å². The number of hydrogen-bond donors (Lipinski definition) is 1. The number of halogens is 2. The van der Waals surface area contributed by atoms with Gasteiger partial charge in [0.1, 0.15) is 11.4 Å². The van der Waals surface area contributed by atoms with Crippen molar-refractivity contribution in [1.29, 1.82) is 0 Å². The van der Waals surface area contributed by atoms with Gasteiger partial charge in [-0.25, -0.2) is 9.18 Å². The normalized spacial score (nSPS) is 15.8. The Hall–Kier alpha value is -1.33. The second kappa shape index (κ2) is 6.20. The van der Waals surface area contributed by atoms with Gasteiger partial charge in [0.05, 0.1) is 0 Å². The zero-order valence-electron chi connectivity index (χ0n) is 12.5. The van der Waals surface area contributed by atoms with E-state index >= 15 is 0 Å². The number of nitrogens with one attached hydrogen (secondary N) is 1. The quantitative estimate of drug-likeness (QED) is 0.931. The minimum atomic E-state index is -0.475. The number of carbonyl (C=O) groups excluding carboxylic acids is 1. The van der Waals surface area contributed by atoms with Crippen LogP contribution in [0.1, 0.15) is 26.3 Å². The number of hydrogen-bond acceptors (Lipinski definition) is 3. The van der Waals surface area contributed by atoms with Crippen molar-refractivity contribution in [2.45, 2.75) is 39.0 Å². The summed E-state index contributed by atoms with van der Waals surface area (Å²) in [5.41, 5.74) is 0.367. The Balaban J connectivity index is 1.75. The largest absolute Gasteiger partial charge is 0.444 e. The van der Waals surface area contributed by atoms with Crippen molar-refractivity contribution >= 4 is 17.7 Å². The molecule has 0 radical (unpaired) electrons. The molecule has 1 aromatic rings. The monoisotopic (exact) mass is 314 g/mol. The van der Waals surface area contributed by atoms with Crippen LogP contribution in [0, 0.1) is 5.82 Å². The maximum absolute atomic E-state index is 12.9. The van der Waals surface area contributed by atoms with Gasteiger partial charge in [-0.05, 0) is 38.5 Å². The van der Waals surface area contributed by atoms with Crippen LogP contribution in [0.15, 0.2) is 18.2 Å². The van der Waals surface area contributed by atoms with Crippen LogP contribution < -0.4 is 5.32 Å². The molecule has 0 unspecified atom stereocenters. The van der Waals surface area contributed by atoms with Crippen LogP contribution >= 0.6 is 11.6 Å². The van der Waals surface area contributed by atoms with Crippen molar-refractivity contribution in [3.8, 4) is 0 Å². The van der Waals surface area contributed by atoms with Crippen molar-refractivity contribution in [3.63, 3.8) is 0 Å². The molecule has 6 heteroatoms. The molecule has 116 valence electrons. The molecule has 1 N–H and O–H groups in total. The summed E-state index contributed by atoms with van der Waals surface area (Å²) in [6.07, 6.45) is -0.291. The molecule has 1 amide bonds. The van der Waals surface area contributed by atoms with Gasteiger partial charge in [0.15, 0.2) is 0 Å². The third kappa shape index (κ3) is 4.58. The predicted octanol–water partition coefficient (Wildman–Crippen LogP) is 3.19. The van der Waals surface area contributed by atoms with Gasteiger partial charge < -0.3 is 15.0 Å². The smallest absolute Gasteiger partial charge is 0.410 e. The third-order valence-corrected chi connectivity index (χ3v) is 3.48. The van der Waals surface area contributed by atoms with Crippen LogP contribution in [0.2, 0.25) is 5.02 Å². The van der Waals surface area contributed by atoms with Crippen molar-refractivity contribution in [3.05, 3.63) is 34.6 Å². The van der Waals surface area contributed by atoms with Gasteiger partial charge in [-0.3, -0.25) is 0 Å². The van der Waals surface area contributed by atoms with E-state index < -0.39 is 5.60 Å². The highest BCUT2D eigenvalue weighted by molar-refractivity contribution is 6.31. The van der Waals surface area contributed by atoms with Crippen LogP contribution in [0.25, 0.3) is 0 Å². The minimum absolute atomic E-state index is 0.207. The number of amides is 1. The average molecular weight is 315 g/mol. The first-order valence-electron chi connectivity index (χ1n) is 6.90. The molecule has 21 heavy (non-hydrogen) atoms. The first-order chi connectivity index (χ1) is 9.74. The van der Waals surface area contributed by atoms with Gasteiger partial charge >= 0.3 is 6.09 Å². The van der Waals surface area contributed by atoms with Crippen LogP contribution in [0.4, 0.5) is 9.18 Å². The van der Waals surface area contributed by atoms with E-state index in [9.17, 15) is 9.18 Å². The van der Waals surface area contributed by atoms with E-state index in [4.69, 9.17) is 16.3 Å². The highest BCUT2D eigenvalue weighted by Crippen LogP contribution is 2.19. The lowest BCUT2D eigenvalue weighted by Gasteiger charge is -2.40. The molecule has 1 heterocycles. The molecule has 0 bridgehead atoms. The van der Waals surface area contributed by atoms with E-state index in [1.165, 1.54) is 12.1 Å². The molecule has 4 nitrogen and oxygen atoms in total. The lowest BCUT2D eigenvalue weighted by Crippen LogP contribution is -2.60. The second-order valence-electron chi connectivity index (χ2n) is 6.20. The highest BCUT2D eigenvalue weighted by Gasteiger charge is 2.33. The zero-order chi connectivity index (χ0) is 15.6. The Kier molecular flexibility index (Phi) is 4.74. The maximum Gasteiger partial charge on any atom is 0.410 e. The van der Waals surface area contributed by atoms with Gasteiger partial charge in [-0.2, -0.15) is 0 Å². The van der Waals surface area contributed by atoms with E-state index in [0.29, 0.717) is 24.7 Å². The van der Waals surface area contributed by atoms with Crippen LogP contribution in [0.3, 0.4) is 0 Å². The fraction of sp³-hybridized carbons (Fsp3) is 0.533. The fourth-order valence-electron chi connectivity index (χ4n) is 2.00. The summed E-state index contributed by atoms with van der Waals surface area (Å²) >= 11 is 5.96.